The maximum Gasteiger partial charge on any atom is 0.0739 e. The molecule has 4 heteroatoms. The monoisotopic (exact) mass is 228 g/mol. The van der Waals surface area contributed by atoms with E-state index in [1.165, 1.54) is 0 Å². The number of para-hydroxylation sites is 1. The number of nitrogens with two attached hydrogens (primary N) is 1. The van der Waals surface area contributed by atoms with Crippen molar-refractivity contribution in [2.24, 2.45) is 0 Å². The van der Waals surface area contributed by atoms with Gasteiger partial charge >= 0.3 is 0 Å². The molecule has 1 aromatic rings. The third kappa shape index (κ3) is 3.98. The highest BCUT2D eigenvalue weighted by molar-refractivity contribution is 6.33. The molecule has 1 unspecified atom stereocenters. The number of nitrogens with one attached hydrogen (secondary N) is 1. The summed E-state index contributed by atoms with van der Waals surface area (Å²) < 4.78 is 0. The number of benzene rings is 1. The summed E-state index contributed by atoms with van der Waals surface area (Å²) in [5.74, 6) is 0. The normalized spacial score (nSPS) is 12.5. The number of aliphatic hydroxyl groups is 1. The minimum Gasteiger partial charge on any atom is -0.396 e. The van der Waals surface area contributed by atoms with Crippen LogP contribution < -0.4 is 11.1 Å². The van der Waals surface area contributed by atoms with Crippen LogP contribution in [0.15, 0.2) is 18.2 Å². The van der Waals surface area contributed by atoms with Gasteiger partial charge in [0.15, 0.2) is 0 Å². The van der Waals surface area contributed by atoms with Gasteiger partial charge in [-0.05, 0) is 31.9 Å². The van der Waals surface area contributed by atoms with Gasteiger partial charge in [-0.15, -0.1) is 0 Å². The Kier molecular flexibility index (Phi) is 4.72. The number of halogens is 1. The molecular formula is C11H17ClN2O. The van der Waals surface area contributed by atoms with Gasteiger partial charge in [0.05, 0.1) is 22.5 Å². The van der Waals surface area contributed by atoms with Gasteiger partial charge in [-0.2, -0.15) is 0 Å². The van der Waals surface area contributed by atoms with E-state index in [0.717, 1.165) is 25.1 Å². The molecule has 0 spiro atoms. The molecule has 0 fully saturated rings. The SMILES string of the molecule is CC(O)CCCNc1cccc(Cl)c1N. The highest BCUT2D eigenvalue weighted by atomic mass is 35.5. The molecule has 0 aliphatic rings. The molecule has 84 valence electrons. The van der Waals surface area contributed by atoms with Crippen molar-refractivity contribution >= 4 is 23.0 Å². The summed E-state index contributed by atoms with van der Waals surface area (Å²) in [6.07, 6.45) is 1.44. The molecule has 0 bridgehead atoms. The number of hydrogen-bond acceptors (Lipinski definition) is 3. The first-order valence-corrected chi connectivity index (χ1v) is 5.45. The van der Waals surface area contributed by atoms with E-state index in [9.17, 15) is 0 Å². The molecule has 0 aliphatic carbocycles. The molecule has 1 atom stereocenters. The van der Waals surface area contributed by atoms with Crippen LogP contribution in [0.5, 0.6) is 0 Å². The van der Waals surface area contributed by atoms with Crippen LogP contribution in [-0.4, -0.2) is 17.8 Å². The lowest BCUT2D eigenvalue weighted by Crippen LogP contribution is -2.07. The molecule has 4 N–H and O–H groups in total. The number of aliphatic hydroxyl groups excluding tert-OH is 1. The third-order valence-corrected chi connectivity index (χ3v) is 2.50. The van der Waals surface area contributed by atoms with Crippen LogP contribution >= 0.6 is 11.6 Å². The standard InChI is InChI=1S/C11H17ClN2O/c1-8(15)4-3-7-14-10-6-2-5-9(12)11(10)13/h2,5-6,8,14-15H,3-4,7,13H2,1H3. The maximum absolute atomic E-state index is 9.07. The maximum atomic E-state index is 9.07. The van der Waals surface area contributed by atoms with E-state index in [1.54, 1.807) is 13.0 Å². The highest BCUT2D eigenvalue weighted by Gasteiger charge is 2.02. The van der Waals surface area contributed by atoms with E-state index in [2.05, 4.69) is 5.32 Å². The topological polar surface area (TPSA) is 58.3 Å². The Labute approximate surface area is 95.2 Å². The van der Waals surface area contributed by atoms with Gasteiger partial charge < -0.3 is 16.2 Å². The van der Waals surface area contributed by atoms with Gasteiger partial charge in [-0.1, -0.05) is 17.7 Å². The molecule has 3 nitrogen and oxygen atoms in total. The summed E-state index contributed by atoms with van der Waals surface area (Å²) in [5.41, 5.74) is 7.22. The van der Waals surface area contributed by atoms with Crippen LogP contribution in [0.25, 0.3) is 0 Å². The molecule has 0 heterocycles. The summed E-state index contributed by atoms with van der Waals surface area (Å²) in [6.45, 7) is 2.57. The van der Waals surface area contributed by atoms with Crippen LogP contribution in [0.1, 0.15) is 19.8 Å². The van der Waals surface area contributed by atoms with Crippen LogP contribution in [0.3, 0.4) is 0 Å². The van der Waals surface area contributed by atoms with Crippen molar-refractivity contribution in [3.8, 4) is 0 Å². The number of anilines is 2. The Morgan fingerprint density at radius 2 is 2.27 bits per heavy atom. The summed E-state index contributed by atoms with van der Waals surface area (Å²) in [6, 6.07) is 5.51. The van der Waals surface area contributed by atoms with Crippen LogP contribution in [0.4, 0.5) is 11.4 Å². The lowest BCUT2D eigenvalue weighted by Gasteiger charge is -2.10. The second-order valence-corrected chi connectivity index (χ2v) is 4.03. The molecule has 0 aliphatic heterocycles. The van der Waals surface area contributed by atoms with Crippen molar-refractivity contribution in [3.63, 3.8) is 0 Å². The van der Waals surface area contributed by atoms with Crippen LogP contribution in [0.2, 0.25) is 5.02 Å². The second kappa shape index (κ2) is 5.83. The van der Waals surface area contributed by atoms with Crippen molar-refractivity contribution in [1.82, 2.24) is 0 Å². The fourth-order valence-electron chi connectivity index (χ4n) is 1.31. The predicted octanol–water partition coefficient (Wildman–Crippen LogP) is 2.50. The number of hydrogen-bond donors (Lipinski definition) is 3. The van der Waals surface area contributed by atoms with Gasteiger partial charge in [-0.3, -0.25) is 0 Å². The van der Waals surface area contributed by atoms with Crippen molar-refractivity contribution in [1.29, 1.82) is 0 Å². The first kappa shape index (κ1) is 12.1. The molecule has 0 aromatic heterocycles. The lowest BCUT2D eigenvalue weighted by atomic mass is 10.2. The van der Waals surface area contributed by atoms with E-state index in [-0.39, 0.29) is 6.10 Å². The number of rotatable bonds is 5. The molecule has 15 heavy (non-hydrogen) atoms. The van der Waals surface area contributed by atoms with Crippen molar-refractivity contribution in [2.75, 3.05) is 17.6 Å². The summed E-state index contributed by atoms with van der Waals surface area (Å²) in [5, 5.41) is 12.8. The largest absolute Gasteiger partial charge is 0.396 e. The van der Waals surface area contributed by atoms with E-state index in [1.807, 2.05) is 12.1 Å². The Bertz CT molecular complexity index is 315. The zero-order valence-electron chi connectivity index (χ0n) is 8.83. The van der Waals surface area contributed by atoms with Crippen molar-refractivity contribution in [2.45, 2.75) is 25.9 Å². The second-order valence-electron chi connectivity index (χ2n) is 3.62. The van der Waals surface area contributed by atoms with Gasteiger partial charge in [0.1, 0.15) is 0 Å². The lowest BCUT2D eigenvalue weighted by molar-refractivity contribution is 0.183. The van der Waals surface area contributed by atoms with E-state index < -0.39 is 0 Å². The van der Waals surface area contributed by atoms with Gasteiger partial charge in [-0.25, -0.2) is 0 Å². The van der Waals surface area contributed by atoms with Gasteiger partial charge in [0.25, 0.3) is 0 Å². The van der Waals surface area contributed by atoms with Crippen molar-refractivity contribution < 1.29 is 5.11 Å². The molecule has 1 rings (SSSR count). The fraction of sp³-hybridized carbons (Fsp3) is 0.455. The molecule has 0 saturated carbocycles. The minimum atomic E-state index is -0.247. The van der Waals surface area contributed by atoms with E-state index >= 15 is 0 Å². The van der Waals surface area contributed by atoms with Gasteiger partial charge in [0, 0.05) is 6.54 Å². The van der Waals surface area contributed by atoms with E-state index in [0.29, 0.717) is 10.7 Å². The zero-order chi connectivity index (χ0) is 11.3. The summed E-state index contributed by atoms with van der Waals surface area (Å²) in [7, 11) is 0. The van der Waals surface area contributed by atoms with Crippen LogP contribution in [-0.2, 0) is 0 Å². The fourth-order valence-corrected chi connectivity index (χ4v) is 1.49. The molecule has 0 radical (unpaired) electrons. The smallest absolute Gasteiger partial charge is 0.0739 e. The molecular weight excluding hydrogens is 212 g/mol. The van der Waals surface area contributed by atoms with E-state index in [4.69, 9.17) is 22.4 Å². The molecule has 0 saturated heterocycles. The Morgan fingerprint density at radius 1 is 1.53 bits per heavy atom. The first-order chi connectivity index (χ1) is 7.11. The quantitative estimate of drug-likeness (QED) is 0.536. The zero-order valence-corrected chi connectivity index (χ0v) is 9.59. The highest BCUT2D eigenvalue weighted by Crippen LogP contribution is 2.26. The number of nitrogen functional groups attached to an aromatic ring is 1. The Balaban J connectivity index is 2.41. The minimum absolute atomic E-state index is 0.247. The molecule has 0 amide bonds. The third-order valence-electron chi connectivity index (χ3n) is 2.17. The van der Waals surface area contributed by atoms with Gasteiger partial charge in [0.2, 0.25) is 0 Å². The van der Waals surface area contributed by atoms with Crippen LogP contribution in [0, 0.1) is 0 Å². The Hall–Kier alpha value is -0.930. The Morgan fingerprint density at radius 3 is 2.93 bits per heavy atom. The summed E-state index contributed by atoms with van der Waals surface area (Å²) in [4.78, 5) is 0. The average Bonchev–Trinajstić information content (AvgIpc) is 2.18. The average molecular weight is 229 g/mol. The predicted molar refractivity (Wildman–Crippen MR) is 65.3 cm³/mol. The van der Waals surface area contributed by atoms with Crippen molar-refractivity contribution in [3.05, 3.63) is 23.2 Å². The summed E-state index contributed by atoms with van der Waals surface area (Å²) >= 11 is 5.87. The first-order valence-electron chi connectivity index (χ1n) is 5.07. The molecule has 1 aromatic carbocycles.